The van der Waals surface area contributed by atoms with Gasteiger partial charge in [0, 0.05) is 22.2 Å². The number of benzene rings is 2. The molecule has 2 aromatic carbocycles. The van der Waals surface area contributed by atoms with Gasteiger partial charge in [-0.3, -0.25) is 4.79 Å². The van der Waals surface area contributed by atoms with Crippen LogP contribution in [0, 0.1) is 0 Å². The van der Waals surface area contributed by atoms with Crippen LogP contribution in [-0.2, 0) is 0 Å². The van der Waals surface area contributed by atoms with Crippen molar-refractivity contribution in [1.29, 1.82) is 0 Å². The summed E-state index contributed by atoms with van der Waals surface area (Å²) in [6, 6.07) is 10.0. The van der Waals surface area contributed by atoms with Crippen LogP contribution >= 0.6 is 11.3 Å². The minimum atomic E-state index is -0.278. The van der Waals surface area contributed by atoms with E-state index in [9.17, 15) is 15.0 Å². The van der Waals surface area contributed by atoms with Crippen molar-refractivity contribution in [3.8, 4) is 11.5 Å². The summed E-state index contributed by atoms with van der Waals surface area (Å²) in [6.45, 7) is 0. The van der Waals surface area contributed by atoms with Gasteiger partial charge < -0.3 is 14.6 Å². The summed E-state index contributed by atoms with van der Waals surface area (Å²) >= 11 is 1.34. The first-order valence-corrected chi connectivity index (χ1v) is 6.77. The molecule has 0 amide bonds. The third kappa shape index (κ3) is 1.38. The molecule has 5 heteroatoms. The summed E-state index contributed by atoms with van der Waals surface area (Å²) in [7, 11) is 0. The average molecular weight is 284 g/mol. The summed E-state index contributed by atoms with van der Waals surface area (Å²) in [4.78, 5) is 12.5. The van der Waals surface area contributed by atoms with Gasteiger partial charge in [-0.25, -0.2) is 0 Å². The smallest absolute Gasteiger partial charge is 0.214 e. The number of thiophene rings is 1. The molecule has 2 heterocycles. The second-order valence-electron chi connectivity index (χ2n) is 4.53. The molecule has 0 aliphatic carbocycles. The van der Waals surface area contributed by atoms with Gasteiger partial charge in [-0.1, -0.05) is 12.1 Å². The highest BCUT2D eigenvalue weighted by Gasteiger charge is 2.16. The van der Waals surface area contributed by atoms with E-state index in [1.807, 2.05) is 24.3 Å². The van der Waals surface area contributed by atoms with Crippen molar-refractivity contribution >= 4 is 42.7 Å². The molecule has 2 N–H and O–H groups in total. The fourth-order valence-electron chi connectivity index (χ4n) is 2.39. The normalized spacial score (nSPS) is 11.6. The molecule has 0 aliphatic rings. The second kappa shape index (κ2) is 3.74. The minimum absolute atomic E-state index is 0.0989. The Morgan fingerprint density at radius 1 is 1.10 bits per heavy atom. The highest BCUT2D eigenvalue weighted by atomic mass is 32.1. The van der Waals surface area contributed by atoms with E-state index in [-0.39, 0.29) is 27.9 Å². The van der Waals surface area contributed by atoms with Gasteiger partial charge in [0.25, 0.3) is 0 Å². The maximum absolute atomic E-state index is 12.5. The minimum Gasteiger partial charge on any atom is -0.508 e. The molecule has 0 atom stereocenters. The largest absolute Gasteiger partial charge is 0.508 e. The zero-order valence-electron chi connectivity index (χ0n) is 10.1. The van der Waals surface area contributed by atoms with Crippen molar-refractivity contribution in [2.45, 2.75) is 0 Å². The summed E-state index contributed by atoms with van der Waals surface area (Å²) in [5.41, 5.74) is 0.400. The van der Waals surface area contributed by atoms with E-state index >= 15 is 0 Å². The monoisotopic (exact) mass is 284 g/mol. The molecule has 20 heavy (non-hydrogen) atoms. The van der Waals surface area contributed by atoms with Gasteiger partial charge in [0.05, 0.1) is 0 Å². The first-order valence-electron chi connectivity index (χ1n) is 5.95. The van der Waals surface area contributed by atoms with Crippen LogP contribution in [0.3, 0.4) is 0 Å². The van der Waals surface area contributed by atoms with Crippen molar-refractivity contribution in [1.82, 2.24) is 0 Å². The number of hydrogen-bond donors (Lipinski definition) is 2. The number of aromatic hydroxyl groups is 2. The number of phenolic OH excluding ortho intramolecular Hbond substituents is 2. The van der Waals surface area contributed by atoms with Crippen LogP contribution in [0.2, 0.25) is 0 Å². The Labute approximate surface area is 116 Å². The second-order valence-corrected chi connectivity index (χ2v) is 5.58. The van der Waals surface area contributed by atoms with Crippen molar-refractivity contribution in [2.24, 2.45) is 0 Å². The Morgan fingerprint density at radius 3 is 2.75 bits per heavy atom. The number of hydrogen-bond acceptors (Lipinski definition) is 5. The molecule has 0 saturated heterocycles. The predicted molar refractivity (Wildman–Crippen MR) is 78.7 cm³/mol. The fraction of sp³-hybridized carbons (Fsp3) is 0. The highest BCUT2D eigenvalue weighted by molar-refractivity contribution is 7.25. The zero-order chi connectivity index (χ0) is 13.9. The Kier molecular flexibility index (Phi) is 2.11. The summed E-state index contributed by atoms with van der Waals surface area (Å²) < 4.78 is 7.15. The van der Waals surface area contributed by atoms with Crippen LogP contribution in [0.5, 0.6) is 11.5 Å². The van der Waals surface area contributed by atoms with Crippen molar-refractivity contribution in [2.75, 3.05) is 0 Å². The zero-order valence-corrected chi connectivity index (χ0v) is 10.9. The first-order chi connectivity index (χ1) is 9.65. The molecule has 0 fully saturated rings. The summed E-state index contributed by atoms with van der Waals surface area (Å²) in [6.07, 6.45) is 0. The third-order valence-electron chi connectivity index (χ3n) is 3.26. The number of fused-ring (bicyclic) bond motifs is 4. The van der Waals surface area contributed by atoms with Gasteiger partial charge in [-0.2, -0.15) is 0 Å². The molecule has 0 bridgehead atoms. The molecule has 4 rings (SSSR count). The lowest BCUT2D eigenvalue weighted by Gasteiger charge is -2.01. The Hall–Kier alpha value is -2.53. The van der Waals surface area contributed by atoms with Crippen LogP contribution in [0.1, 0.15) is 0 Å². The maximum Gasteiger partial charge on any atom is 0.214 e. The van der Waals surface area contributed by atoms with Gasteiger partial charge >= 0.3 is 0 Å². The van der Waals surface area contributed by atoms with Crippen LogP contribution in [0.25, 0.3) is 31.3 Å². The van der Waals surface area contributed by atoms with Crippen LogP contribution < -0.4 is 5.43 Å². The summed E-state index contributed by atoms with van der Waals surface area (Å²) in [5, 5.41) is 20.3. The molecule has 0 saturated carbocycles. The molecule has 0 aliphatic heterocycles. The van der Waals surface area contributed by atoms with Crippen LogP contribution in [0.4, 0.5) is 0 Å². The third-order valence-corrected chi connectivity index (χ3v) is 4.41. The topological polar surface area (TPSA) is 70.7 Å². The Balaban J connectivity index is 2.35. The van der Waals surface area contributed by atoms with E-state index in [4.69, 9.17) is 4.42 Å². The lowest BCUT2D eigenvalue weighted by atomic mass is 10.2. The lowest BCUT2D eigenvalue weighted by Crippen LogP contribution is -1.99. The Bertz CT molecular complexity index is 1040. The lowest BCUT2D eigenvalue weighted by molar-refractivity contribution is 0.453. The van der Waals surface area contributed by atoms with Crippen molar-refractivity contribution < 1.29 is 14.6 Å². The van der Waals surface area contributed by atoms with E-state index < -0.39 is 0 Å². The average Bonchev–Trinajstić information content (AvgIpc) is 2.77. The van der Waals surface area contributed by atoms with Crippen molar-refractivity contribution in [3.05, 3.63) is 46.6 Å². The van der Waals surface area contributed by atoms with Crippen LogP contribution in [-0.4, -0.2) is 10.2 Å². The SMILES string of the molecule is O=c1c2sc3ccccc3c2oc2cc(O)cc(O)c12. The quantitative estimate of drug-likeness (QED) is 0.518. The molecular formula is C15H8O4S. The van der Waals surface area contributed by atoms with E-state index in [1.54, 1.807) is 0 Å². The highest BCUT2D eigenvalue weighted by Crippen LogP contribution is 2.36. The molecule has 0 unspecified atom stereocenters. The number of phenols is 2. The van der Waals surface area contributed by atoms with Gasteiger partial charge in [-0.15, -0.1) is 11.3 Å². The van der Waals surface area contributed by atoms with E-state index in [1.165, 1.54) is 17.4 Å². The number of rotatable bonds is 0. The predicted octanol–water partition coefficient (Wildman–Crippen LogP) is 3.57. The molecular weight excluding hydrogens is 276 g/mol. The molecule has 4 aromatic rings. The molecule has 4 nitrogen and oxygen atoms in total. The molecule has 2 aromatic heterocycles. The fourth-order valence-corrected chi connectivity index (χ4v) is 3.47. The van der Waals surface area contributed by atoms with Gasteiger partial charge in [0.1, 0.15) is 27.2 Å². The maximum atomic E-state index is 12.5. The molecule has 0 spiro atoms. The van der Waals surface area contributed by atoms with E-state index in [0.717, 1.165) is 16.2 Å². The molecule has 0 radical (unpaired) electrons. The van der Waals surface area contributed by atoms with Crippen LogP contribution in [0.15, 0.2) is 45.6 Å². The van der Waals surface area contributed by atoms with E-state index in [2.05, 4.69) is 0 Å². The molecule has 98 valence electrons. The standard InChI is InChI=1S/C15H8O4S/c16-7-5-9(17)12-10(6-7)19-14-8-3-1-2-4-11(8)20-15(14)13(12)18/h1-6,16-17H. The summed E-state index contributed by atoms with van der Waals surface area (Å²) in [5.74, 6) is -0.412. The Morgan fingerprint density at radius 2 is 1.90 bits per heavy atom. The van der Waals surface area contributed by atoms with E-state index in [0.29, 0.717) is 10.3 Å². The van der Waals surface area contributed by atoms with Crippen molar-refractivity contribution in [3.63, 3.8) is 0 Å². The van der Waals surface area contributed by atoms with Gasteiger partial charge in [-0.05, 0) is 12.1 Å². The first kappa shape index (κ1) is 11.3. The van der Waals surface area contributed by atoms with Gasteiger partial charge in [0.2, 0.25) is 5.43 Å². The van der Waals surface area contributed by atoms with Gasteiger partial charge in [0.15, 0.2) is 5.58 Å².